The van der Waals surface area contributed by atoms with Crippen LogP contribution in [-0.2, 0) is 17.8 Å². The Hall–Kier alpha value is -3.71. The number of oxazole rings is 1. The predicted octanol–water partition coefficient (Wildman–Crippen LogP) is 4.94. The van der Waals surface area contributed by atoms with Gasteiger partial charge in [-0.1, -0.05) is 23.7 Å². The predicted molar refractivity (Wildman–Crippen MR) is 117 cm³/mol. The average Bonchev–Trinajstić information content (AvgIpc) is 3.27. The molecule has 0 aliphatic heterocycles. The first-order valence-corrected chi connectivity index (χ1v) is 10.0. The van der Waals surface area contributed by atoms with E-state index >= 15 is 0 Å². The van der Waals surface area contributed by atoms with Gasteiger partial charge in [0, 0.05) is 37.0 Å². The molecule has 4 aromatic rings. The number of pyridine rings is 2. The fourth-order valence-electron chi connectivity index (χ4n) is 2.87. The zero-order valence-corrected chi connectivity index (χ0v) is 17.2. The molecule has 0 aliphatic carbocycles. The highest BCUT2D eigenvalue weighted by molar-refractivity contribution is 6.33. The van der Waals surface area contributed by atoms with E-state index in [0.717, 1.165) is 11.1 Å². The number of hydrogen-bond acceptors (Lipinski definition) is 6. The van der Waals surface area contributed by atoms with E-state index < -0.39 is 0 Å². The summed E-state index contributed by atoms with van der Waals surface area (Å²) in [5.74, 6) is 1.67. The molecule has 3 heterocycles. The molecule has 0 spiro atoms. The van der Waals surface area contributed by atoms with E-state index in [0.29, 0.717) is 41.3 Å². The van der Waals surface area contributed by atoms with Gasteiger partial charge in [-0.3, -0.25) is 9.78 Å². The highest BCUT2D eigenvalue weighted by Gasteiger charge is 2.13. The molecule has 0 bridgehead atoms. The van der Waals surface area contributed by atoms with Gasteiger partial charge in [-0.05, 0) is 42.0 Å². The Kier molecular flexibility index (Phi) is 6.54. The lowest BCUT2D eigenvalue weighted by atomic mass is 10.2. The number of nitrogens with zero attached hydrogens (tertiary/aromatic N) is 3. The van der Waals surface area contributed by atoms with Gasteiger partial charge >= 0.3 is 0 Å². The highest BCUT2D eigenvalue weighted by Crippen LogP contribution is 2.28. The van der Waals surface area contributed by atoms with Crippen molar-refractivity contribution in [1.29, 1.82) is 0 Å². The Morgan fingerprint density at radius 1 is 1.03 bits per heavy atom. The SMILES string of the molecule is O=C(CCc1ncc(-c2ccccc2Cl)o1)Nc1ncccc1OCc1ccncc1. The van der Waals surface area contributed by atoms with Gasteiger partial charge < -0.3 is 14.5 Å². The Labute approximate surface area is 184 Å². The molecule has 7 nitrogen and oxygen atoms in total. The Balaban J connectivity index is 1.34. The normalized spacial score (nSPS) is 10.6. The molecule has 0 unspecified atom stereocenters. The average molecular weight is 435 g/mol. The minimum atomic E-state index is -0.218. The Bertz CT molecular complexity index is 1160. The van der Waals surface area contributed by atoms with E-state index in [4.69, 9.17) is 20.8 Å². The second-order valence-corrected chi connectivity index (χ2v) is 7.05. The largest absolute Gasteiger partial charge is 0.485 e. The molecular formula is C23H19ClN4O3. The molecule has 0 radical (unpaired) electrons. The number of aromatic nitrogens is 3. The zero-order valence-electron chi connectivity index (χ0n) is 16.5. The molecule has 0 saturated heterocycles. The molecule has 1 N–H and O–H groups in total. The summed E-state index contributed by atoms with van der Waals surface area (Å²) in [5, 5.41) is 3.37. The van der Waals surface area contributed by atoms with Crippen LogP contribution in [0.3, 0.4) is 0 Å². The van der Waals surface area contributed by atoms with E-state index in [9.17, 15) is 4.79 Å². The standard InChI is InChI=1S/C23H19ClN4O3/c24-18-5-2-1-4-17(18)20-14-27-22(31-20)8-7-21(29)28-23-19(6-3-11-26-23)30-15-16-9-12-25-13-10-16/h1-6,9-14H,7-8,15H2,(H,26,28,29). The maximum Gasteiger partial charge on any atom is 0.226 e. The number of benzene rings is 1. The zero-order chi connectivity index (χ0) is 21.5. The minimum absolute atomic E-state index is 0.183. The lowest BCUT2D eigenvalue weighted by Gasteiger charge is -2.11. The molecule has 1 amide bonds. The number of nitrogens with one attached hydrogen (secondary N) is 1. The van der Waals surface area contributed by atoms with Crippen molar-refractivity contribution in [3.63, 3.8) is 0 Å². The molecule has 0 atom stereocenters. The Morgan fingerprint density at radius 2 is 1.87 bits per heavy atom. The second-order valence-electron chi connectivity index (χ2n) is 6.64. The van der Waals surface area contributed by atoms with Gasteiger partial charge in [0.25, 0.3) is 0 Å². The number of carbonyl (C=O) groups excluding carboxylic acids is 1. The van der Waals surface area contributed by atoms with Gasteiger partial charge in [0.15, 0.2) is 23.2 Å². The molecule has 8 heteroatoms. The van der Waals surface area contributed by atoms with Gasteiger partial charge in [-0.2, -0.15) is 0 Å². The van der Waals surface area contributed by atoms with Crippen LogP contribution in [0.2, 0.25) is 5.02 Å². The van der Waals surface area contributed by atoms with Crippen molar-refractivity contribution in [2.75, 3.05) is 5.32 Å². The van der Waals surface area contributed by atoms with E-state index in [-0.39, 0.29) is 12.3 Å². The van der Waals surface area contributed by atoms with Crippen molar-refractivity contribution in [2.24, 2.45) is 0 Å². The monoisotopic (exact) mass is 434 g/mol. The molecule has 156 valence electrons. The van der Waals surface area contributed by atoms with Crippen molar-refractivity contribution in [2.45, 2.75) is 19.4 Å². The smallest absolute Gasteiger partial charge is 0.226 e. The minimum Gasteiger partial charge on any atom is -0.485 e. The van der Waals surface area contributed by atoms with E-state index in [1.165, 1.54) is 0 Å². The van der Waals surface area contributed by atoms with Crippen LogP contribution in [0, 0.1) is 0 Å². The molecule has 4 rings (SSSR count). The maximum absolute atomic E-state index is 12.4. The third kappa shape index (κ3) is 5.46. The summed E-state index contributed by atoms with van der Waals surface area (Å²) in [5.41, 5.74) is 1.73. The lowest BCUT2D eigenvalue weighted by molar-refractivity contribution is -0.116. The highest BCUT2D eigenvalue weighted by atomic mass is 35.5. The first-order valence-electron chi connectivity index (χ1n) is 9.65. The van der Waals surface area contributed by atoms with Crippen LogP contribution in [0.1, 0.15) is 17.9 Å². The first-order chi connectivity index (χ1) is 15.2. The van der Waals surface area contributed by atoms with Crippen molar-refractivity contribution >= 4 is 23.3 Å². The topological polar surface area (TPSA) is 90.1 Å². The number of rotatable bonds is 8. The van der Waals surface area contributed by atoms with Gasteiger partial charge in [0.05, 0.1) is 11.2 Å². The number of carbonyl (C=O) groups is 1. The van der Waals surface area contributed by atoms with Gasteiger partial charge in [0.2, 0.25) is 5.91 Å². The number of hydrogen-bond donors (Lipinski definition) is 1. The van der Waals surface area contributed by atoms with Gasteiger partial charge in [0.1, 0.15) is 6.61 Å². The van der Waals surface area contributed by atoms with Crippen molar-refractivity contribution < 1.29 is 13.9 Å². The van der Waals surface area contributed by atoms with E-state index in [2.05, 4.69) is 20.3 Å². The van der Waals surface area contributed by atoms with E-state index in [1.807, 2.05) is 30.3 Å². The summed E-state index contributed by atoms with van der Waals surface area (Å²) >= 11 is 6.19. The van der Waals surface area contributed by atoms with Crippen LogP contribution in [0.4, 0.5) is 5.82 Å². The summed E-state index contributed by atoms with van der Waals surface area (Å²) in [6, 6.07) is 14.6. The van der Waals surface area contributed by atoms with Crippen LogP contribution >= 0.6 is 11.6 Å². The van der Waals surface area contributed by atoms with Crippen molar-refractivity contribution in [3.8, 4) is 17.1 Å². The summed E-state index contributed by atoms with van der Waals surface area (Å²) in [7, 11) is 0. The van der Waals surface area contributed by atoms with Crippen LogP contribution in [0.15, 0.2) is 77.7 Å². The number of anilines is 1. The molecule has 3 aromatic heterocycles. The quantitative estimate of drug-likeness (QED) is 0.422. The van der Waals surface area contributed by atoms with Crippen LogP contribution in [0.25, 0.3) is 11.3 Å². The van der Waals surface area contributed by atoms with Crippen LogP contribution < -0.4 is 10.1 Å². The fraction of sp³-hybridized carbons (Fsp3) is 0.130. The third-order valence-corrected chi connectivity index (χ3v) is 4.76. The number of amides is 1. The summed E-state index contributed by atoms with van der Waals surface area (Å²) in [4.78, 5) is 24.9. The number of halogens is 1. The second kappa shape index (κ2) is 9.86. The lowest BCUT2D eigenvalue weighted by Crippen LogP contribution is -2.14. The summed E-state index contributed by atoms with van der Waals surface area (Å²) in [6.07, 6.45) is 7.13. The molecular weight excluding hydrogens is 416 g/mol. The summed E-state index contributed by atoms with van der Waals surface area (Å²) < 4.78 is 11.5. The van der Waals surface area contributed by atoms with Crippen LogP contribution in [-0.4, -0.2) is 20.9 Å². The van der Waals surface area contributed by atoms with Crippen molar-refractivity contribution in [1.82, 2.24) is 15.0 Å². The fourth-order valence-corrected chi connectivity index (χ4v) is 3.10. The van der Waals surface area contributed by atoms with E-state index in [1.54, 1.807) is 43.0 Å². The molecule has 31 heavy (non-hydrogen) atoms. The molecule has 0 aliphatic rings. The van der Waals surface area contributed by atoms with Gasteiger partial charge in [-0.15, -0.1) is 0 Å². The molecule has 0 saturated carbocycles. The summed E-state index contributed by atoms with van der Waals surface area (Å²) in [6.45, 7) is 0.345. The third-order valence-electron chi connectivity index (χ3n) is 4.43. The van der Waals surface area contributed by atoms with Crippen molar-refractivity contribution in [3.05, 3.63) is 89.8 Å². The number of aryl methyl sites for hydroxylation is 1. The Morgan fingerprint density at radius 3 is 2.71 bits per heavy atom. The first kappa shape index (κ1) is 20.6. The molecule has 1 aromatic carbocycles. The maximum atomic E-state index is 12.4. The molecule has 0 fully saturated rings. The van der Waals surface area contributed by atoms with Crippen LogP contribution in [0.5, 0.6) is 5.75 Å². The van der Waals surface area contributed by atoms with Gasteiger partial charge in [-0.25, -0.2) is 9.97 Å². The number of ether oxygens (including phenoxy) is 1.